The Kier molecular flexibility index (Phi) is 3.42. The molecule has 0 aromatic carbocycles. The summed E-state index contributed by atoms with van der Waals surface area (Å²) in [4.78, 5) is 24.2. The van der Waals surface area contributed by atoms with E-state index < -0.39 is 0 Å². The number of anilines is 1. The van der Waals surface area contributed by atoms with E-state index in [0.717, 1.165) is 0 Å². The Morgan fingerprint density at radius 3 is 2.72 bits per heavy atom. The Hall–Kier alpha value is -1.76. The van der Waals surface area contributed by atoms with Gasteiger partial charge in [-0.15, -0.1) is 0 Å². The van der Waals surface area contributed by atoms with Crippen molar-refractivity contribution in [1.82, 2.24) is 19.5 Å². The maximum Gasteiger partial charge on any atom is 0.268 e. The number of hydrogen-bond acceptors (Lipinski definition) is 5. The van der Waals surface area contributed by atoms with Crippen LogP contribution in [0.15, 0.2) is 21.7 Å². The molecule has 6 nitrogen and oxygen atoms in total. The van der Waals surface area contributed by atoms with Crippen LogP contribution >= 0.6 is 15.9 Å². The minimum absolute atomic E-state index is 0.150. The molecule has 0 fully saturated rings. The van der Waals surface area contributed by atoms with Gasteiger partial charge in [0, 0.05) is 18.0 Å². The molecule has 2 heterocycles. The maximum atomic E-state index is 12.0. The van der Waals surface area contributed by atoms with Gasteiger partial charge in [0.25, 0.3) is 5.56 Å². The largest absolute Gasteiger partial charge is 0.383 e. The van der Waals surface area contributed by atoms with Crippen molar-refractivity contribution in [2.75, 3.05) is 5.73 Å². The fourth-order valence-electron chi connectivity index (χ4n) is 1.54. The van der Waals surface area contributed by atoms with Crippen LogP contribution in [0.2, 0.25) is 0 Å². The van der Waals surface area contributed by atoms with E-state index in [1.807, 2.05) is 0 Å². The molecule has 94 valence electrons. The summed E-state index contributed by atoms with van der Waals surface area (Å²) in [7, 11) is 0. The summed E-state index contributed by atoms with van der Waals surface area (Å²) < 4.78 is 1.94. The number of rotatable bonds is 2. The smallest absolute Gasteiger partial charge is 0.268 e. The third-order valence-electron chi connectivity index (χ3n) is 2.55. The lowest BCUT2D eigenvalue weighted by molar-refractivity contribution is 0.691. The molecule has 0 saturated carbocycles. The molecule has 18 heavy (non-hydrogen) atoms. The van der Waals surface area contributed by atoms with Gasteiger partial charge >= 0.3 is 0 Å². The zero-order valence-electron chi connectivity index (χ0n) is 10.0. The quantitative estimate of drug-likeness (QED) is 0.895. The van der Waals surface area contributed by atoms with Gasteiger partial charge < -0.3 is 5.73 Å². The van der Waals surface area contributed by atoms with Crippen LogP contribution in [0.5, 0.6) is 0 Å². The Morgan fingerprint density at radius 2 is 2.06 bits per heavy atom. The maximum absolute atomic E-state index is 12.0. The van der Waals surface area contributed by atoms with Crippen molar-refractivity contribution < 1.29 is 0 Å². The summed E-state index contributed by atoms with van der Waals surface area (Å²) in [5.41, 5.74) is 6.36. The summed E-state index contributed by atoms with van der Waals surface area (Å²) in [5, 5.41) is 0. The highest BCUT2D eigenvalue weighted by Gasteiger charge is 2.09. The first-order chi connectivity index (χ1) is 8.49. The van der Waals surface area contributed by atoms with Gasteiger partial charge in [-0.05, 0) is 29.8 Å². The molecule has 0 aliphatic heterocycles. The summed E-state index contributed by atoms with van der Waals surface area (Å²) in [6, 6.07) is 0. The molecule has 0 saturated heterocycles. The molecular formula is C11H12BrN5O. The Balaban J connectivity index is 2.46. The van der Waals surface area contributed by atoms with Crippen molar-refractivity contribution in [3.63, 3.8) is 0 Å². The van der Waals surface area contributed by atoms with E-state index in [9.17, 15) is 4.79 Å². The summed E-state index contributed by atoms with van der Waals surface area (Å²) in [6.07, 6.45) is 3.12. The van der Waals surface area contributed by atoms with Crippen LogP contribution in [0.1, 0.15) is 17.2 Å². The summed E-state index contributed by atoms with van der Waals surface area (Å²) in [6.45, 7) is 3.83. The van der Waals surface area contributed by atoms with Crippen molar-refractivity contribution in [3.05, 3.63) is 44.4 Å². The molecule has 0 aliphatic carbocycles. The van der Waals surface area contributed by atoms with Gasteiger partial charge in [-0.1, -0.05) is 0 Å². The zero-order valence-corrected chi connectivity index (χ0v) is 11.6. The van der Waals surface area contributed by atoms with Gasteiger partial charge in [-0.2, -0.15) is 0 Å². The SMILES string of the molecule is Cc1ncc(Cn2c(C)ncc(Br)c2=O)c(N)n1. The fraction of sp³-hybridized carbons (Fsp3) is 0.273. The second-order valence-corrected chi connectivity index (χ2v) is 4.73. The average molecular weight is 310 g/mol. The van der Waals surface area contributed by atoms with Crippen LogP contribution in [0.3, 0.4) is 0 Å². The molecule has 2 N–H and O–H groups in total. The highest BCUT2D eigenvalue weighted by molar-refractivity contribution is 9.10. The monoisotopic (exact) mass is 309 g/mol. The summed E-state index contributed by atoms with van der Waals surface area (Å²) >= 11 is 3.17. The minimum Gasteiger partial charge on any atom is -0.383 e. The van der Waals surface area contributed by atoms with Crippen LogP contribution in [-0.4, -0.2) is 19.5 Å². The summed E-state index contributed by atoms with van der Waals surface area (Å²) in [5.74, 6) is 1.60. The van der Waals surface area contributed by atoms with E-state index in [1.54, 1.807) is 20.0 Å². The number of nitrogens with zero attached hydrogens (tertiary/aromatic N) is 4. The van der Waals surface area contributed by atoms with Crippen molar-refractivity contribution >= 4 is 21.7 Å². The average Bonchev–Trinajstić information content (AvgIpc) is 2.32. The first kappa shape index (κ1) is 12.7. The molecule has 0 spiro atoms. The lowest BCUT2D eigenvalue weighted by Gasteiger charge is -2.10. The van der Waals surface area contributed by atoms with Crippen molar-refractivity contribution in [2.24, 2.45) is 0 Å². The number of halogens is 1. The zero-order chi connectivity index (χ0) is 13.3. The molecule has 2 aromatic rings. The molecular weight excluding hydrogens is 298 g/mol. The third kappa shape index (κ3) is 2.40. The fourth-order valence-corrected chi connectivity index (χ4v) is 1.86. The first-order valence-corrected chi connectivity index (χ1v) is 6.08. The van der Waals surface area contributed by atoms with E-state index in [0.29, 0.717) is 34.0 Å². The van der Waals surface area contributed by atoms with Gasteiger partial charge in [0.05, 0.1) is 6.54 Å². The highest BCUT2D eigenvalue weighted by atomic mass is 79.9. The van der Waals surface area contributed by atoms with E-state index in [4.69, 9.17) is 5.73 Å². The Bertz CT molecular complexity index is 652. The Morgan fingerprint density at radius 1 is 1.33 bits per heavy atom. The van der Waals surface area contributed by atoms with Crippen LogP contribution in [0, 0.1) is 13.8 Å². The number of hydrogen-bond donors (Lipinski definition) is 1. The predicted octanol–water partition coefficient (Wildman–Crippen LogP) is 1.04. The standard InChI is InChI=1S/C11H12BrN5O/c1-6-14-3-8(10(13)16-6)5-17-7(2)15-4-9(12)11(17)18/h3-4H,5H2,1-2H3,(H2,13,14,16). The topological polar surface area (TPSA) is 86.7 Å². The lowest BCUT2D eigenvalue weighted by atomic mass is 10.3. The molecule has 0 unspecified atom stereocenters. The number of aryl methyl sites for hydroxylation is 2. The van der Waals surface area contributed by atoms with Gasteiger partial charge in [-0.3, -0.25) is 9.36 Å². The molecule has 7 heteroatoms. The normalized spacial score (nSPS) is 10.6. The van der Waals surface area contributed by atoms with Crippen molar-refractivity contribution in [3.8, 4) is 0 Å². The van der Waals surface area contributed by atoms with Crippen molar-refractivity contribution in [2.45, 2.75) is 20.4 Å². The van der Waals surface area contributed by atoms with Gasteiger partial charge in [0.2, 0.25) is 0 Å². The molecule has 0 amide bonds. The van der Waals surface area contributed by atoms with E-state index in [-0.39, 0.29) is 5.56 Å². The van der Waals surface area contributed by atoms with E-state index in [1.165, 1.54) is 10.8 Å². The third-order valence-corrected chi connectivity index (χ3v) is 3.10. The molecule has 0 atom stereocenters. The van der Waals surface area contributed by atoms with Gasteiger partial charge in [-0.25, -0.2) is 15.0 Å². The van der Waals surface area contributed by atoms with Gasteiger partial charge in [0.1, 0.15) is 21.9 Å². The number of aromatic nitrogens is 4. The predicted molar refractivity (Wildman–Crippen MR) is 71.2 cm³/mol. The van der Waals surface area contributed by atoms with Crippen LogP contribution in [0.25, 0.3) is 0 Å². The first-order valence-electron chi connectivity index (χ1n) is 5.29. The number of nitrogens with two attached hydrogens (primary N) is 1. The van der Waals surface area contributed by atoms with Crippen molar-refractivity contribution in [1.29, 1.82) is 0 Å². The number of nitrogen functional groups attached to an aromatic ring is 1. The minimum atomic E-state index is -0.150. The van der Waals surface area contributed by atoms with Crippen LogP contribution in [0.4, 0.5) is 5.82 Å². The molecule has 2 aromatic heterocycles. The second-order valence-electron chi connectivity index (χ2n) is 3.87. The molecule has 0 bridgehead atoms. The van der Waals surface area contributed by atoms with Gasteiger partial charge in [0.15, 0.2) is 0 Å². The lowest BCUT2D eigenvalue weighted by Crippen LogP contribution is -2.25. The van der Waals surface area contributed by atoms with Crippen LogP contribution < -0.4 is 11.3 Å². The Labute approximate surface area is 112 Å². The highest BCUT2D eigenvalue weighted by Crippen LogP contribution is 2.10. The van der Waals surface area contributed by atoms with E-state index in [2.05, 4.69) is 30.9 Å². The molecule has 0 radical (unpaired) electrons. The second kappa shape index (κ2) is 4.85. The molecule has 2 rings (SSSR count). The molecule has 0 aliphatic rings. The van der Waals surface area contributed by atoms with Crippen LogP contribution in [-0.2, 0) is 6.54 Å². The van der Waals surface area contributed by atoms with E-state index >= 15 is 0 Å².